The van der Waals surface area contributed by atoms with Crippen molar-refractivity contribution in [1.82, 2.24) is 19.7 Å². The van der Waals surface area contributed by atoms with Crippen LogP contribution in [0.5, 0.6) is 0 Å². The van der Waals surface area contributed by atoms with E-state index >= 15 is 0 Å². The first-order valence-corrected chi connectivity index (χ1v) is 14.5. The van der Waals surface area contributed by atoms with Gasteiger partial charge in [0.15, 0.2) is 0 Å². The van der Waals surface area contributed by atoms with E-state index in [1.165, 1.54) is 4.90 Å². The summed E-state index contributed by atoms with van der Waals surface area (Å²) in [6, 6.07) is 8.30. The Balaban J connectivity index is 1.37. The number of benzene rings is 2. The molecule has 2 saturated heterocycles. The van der Waals surface area contributed by atoms with E-state index in [4.69, 9.17) is 4.74 Å². The highest BCUT2D eigenvalue weighted by Crippen LogP contribution is 2.37. The fourth-order valence-corrected chi connectivity index (χ4v) is 6.35. The van der Waals surface area contributed by atoms with Gasteiger partial charge in [-0.15, -0.1) is 0 Å². The summed E-state index contributed by atoms with van der Waals surface area (Å²) in [5.41, 5.74) is -1.77. The number of halogens is 6. The highest BCUT2D eigenvalue weighted by molar-refractivity contribution is 5.95. The average Bonchev–Trinajstić information content (AvgIpc) is 3.34. The Kier molecular flexibility index (Phi) is 9.10. The third kappa shape index (κ3) is 7.53. The van der Waals surface area contributed by atoms with Crippen molar-refractivity contribution in [3.05, 3.63) is 70.9 Å². The summed E-state index contributed by atoms with van der Waals surface area (Å²) in [6.45, 7) is 8.56. The number of H-pyrrole nitrogens is 1. The van der Waals surface area contributed by atoms with E-state index in [2.05, 4.69) is 28.6 Å². The highest BCUT2D eigenvalue weighted by atomic mass is 19.4. The van der Waals surface area contributed by atoms with Crippen molar-refractivity contribution in [1.29, 1.82) is 0 Å². The minimum Gasteiger partial charge on any atom is -0.373 e. The number of amides is 1. The molecule has 6 nitrogen and oxygen atoms in total. The summed E-state index contributed by atoms with van der Waals surface area (Å²) in [5, 5.41) is 0.959. The van der Waals surface area contributed by atoms with Gasteiger partial charge >= 0.3 is 12.4 Å². The second kappa shape index (κ2) is 12.5. The molecule has 2 aliphatic heterocycles. The van der Waals surface area contributed by atoms with Crippen LogP contribution in [0.25, 0.3) is 10.9 Å². The predicted molar refractivity (Wildman–Crippen MR) is 151 cm³/mol. The van der Waals surface area contributed by atoms with Crippen LogP contribution in [-0.4, -0.2) is 89.7 Å². The SMILES string of the molecule is CC1CN(CCCN2CCN(C(=O)c3cc(C(F)(F)F)cc(C(F)(F)F)c3)[C@H](Cc3c[nH]c4ccccc34)C2)CC(C)O1. The lowest BCUT2D eigenvalue weighted by molar-refractivity contribution is -0.143. The van der Waals surface area contributed by atoms with Crippen LogP contribution in [0.4, 0.5) is 26.3 Å². The molecule has 234 valence electrons. The molecule has 3 heterocycles. The van der Waals surface area contributed by atoms with E-state index in [1.807, 2.05) is 30.5 Å². The Hall–Kier alpha value is -3.09. The number of alkyl halides is 6. The minimum absolute atomic E-state index is 0.0497. The van der Waals surface area contributed by atoms with E-state index in [9.17, 15) is 31.1 Å². The topological polar surface area (TPSA) is 51.8 Å². The molecule has 43 heavy (non-hydrogen) atoms. The van der Waals surface area contributed by atoms with E-state index in [1.54, 1.807) is 0 Å². The number of hydrogen-bond acceptors (Lipinski definition) is 4. The van der Waals surface area contributed by atoms with Gasteiger partial charge in [-0.2, -0.15) is 26.3 Å². The van der Waals surface area contributed by atoms with Crippen LogP contribution in [0.15, 0.2) is 48.7 Å². The number of hydrogen-bond donors (Lipinski definition) is 1. The second-order valence-corrected chi connectivity index (χ2v) is 11.7. The molecule has 0 aliphatic carbocycles. The number of aromatic nitrogens is 1. The van der Waals surface area contributed by atoms with Gasteiger partial charge in [-0.3, -0.25) is 14.6 Å². The lowest BCUT2D eigenvalue weighted by Gasteiger charge is -2.42. The maximum atomic E-state index is 13.7. The Morgan fingerprint density at radius 1 is 0.884 bits per heavy atom. The van der Waals surface area contributed by atoms with Crippen molar-refractivity contribution >= 4 is 16.8 Å². The number of ether oxygens (including phenoxy) is 1. The molecule has 2 aromatic carbocycles. The summed E-state index contributed by atoms with van der Waals surface area (Å²) in [4.78, 5) is 22.9. The average molecular weight is 611 g/mol. The fraction of sp³-hybridized carbons (Fsp3) is 0.516. The zero-order valence-corrected chi connectivity index (χ0v) is 24.1. The van der Waals surface area contributed by atoms with E-state index < -0.39 is 41.0 Å². The maximum absolute atomic E-state index is 13.7. The summed E-state index contributed by atoms with van der Waals surface area (Å²) in [6.07, 6.45) is -6.62. The third-order valence-corrected chi connectivity index (χ3v) is 8.24. The number of fused-ring (bicyclic) bond motifs is 1. The van der Waals surface area contributed by atoms with Crippen LogP contribution in [0.3, 0.4) is 0 Å². The van der Waals surface area contributed by atoms with Crippen LogP contribution >= 0.6 is 0 Å². The molecule has 5 rings (SSSR count). The van der Waals surface area contributed by atoms with Gasteiger partial charge in [0, 0.05) is 61.4 Å². The number of morpholine rings is 1. The molecule has 1 N–H and O–H groups in total. The first-order chi connectivity index (χ1) is 20.3. The first kappa shape index (κ1) is 31.3. The van der Waals surface area contributed by atoms with Crippen LogP contribution in [0.1, 0.15) is 47.3 Å². The largest absolute Gasteiger partial charge is 0.416 e. The van der Waals surface area contributed by atoms with E-state index in [0.717, 1.165) is 49.1 Å². The molecule has 2 fully saturated rings. The Bertz CT molecular complexity index is 1380. The number of carbonyl (C=O) groups is 1. The standard InChI is InChI=1S/C31H36F6N4O2/c1-20-17-40(18-21(2)43-20)9-5-8-39-10-11-41(26(19-39)14-23-16-38-28-7-4-3-6-27(23)28)29(42)22-12-24(30(32,33)34)15-25(13-22)31(35,36)37/h3-4,6-7,12-13,15-16,20-21,26,38H,5,8-11,14,17-19H2,1-2H3/t20?,21?,26-/m1/s1. The zero-order chi connectivity index (χ0) is 30.9. The number of para-hydroxylation sites is 1. The second-order valence-electron chi connectivity index (χ2n) is 11.7. The Morgan fingerprint density at radius 3 is 2.16 bits per heavy atom. The van der Waals surface area contributed by atoms with Crippen molar-refractivity contribution in [2.24, 2.45) is 0 Å². The number of nitrogens with zero attached hydrogens (tertiary/aromatic N) is 3. The van der Waals surface area contributed by atoms with Crippen LogP contribution < -0.4 is 0 Å². The molecule has 1 amide bonds. The van der Waals surface area contributed by atoms with Gasteiger partial charge in [0.05, 0.1) is 23.3 Å². The molecule has 3 atom stereocenters. The van der Waals surface area contributed by atoms with Crippen molar-refractivity contribution < 1.29 is 35.9 Å². The number of carbonyl (C=O) groups excluding carboxylic acids is 1. The minimum atomic E-state index is -5.03. The van der Waals surface area contributed by atoms with Gasteiger partial charge in [-0.1, -0.05) is 18.2 Å². The predicted octanol–water partition coefficient (Wildman–Crippen LogP) is 6.07. The van der Waals surface area contributed by atoms with Crippen molar-refractivity contribution in [3.8, 4) is 0 Å². The third-order valence-electron chi connectivity index (χ3n) is 8.24. The van der Waals surface area contributed by atoms with Gasteiger partial charge in [-0.05, 0) is 69.6 Å². The van der Waals surface area contributed by atoms with Gasteiger partial charge in [-0.25, -0.2) is 0 Å². The molecule has 0 spiro atoms. The Morgan fingerprint density at radius 2 is 1.51 bits per heavy atom. The Labute approximate surface area is 246 Å². The summed E-state index contributed by atoms with van der Waals surface area (Å²) >= 11 is 0. The zero-order valence-electron chi connectivity index (χ0n) is 24.1. The number of rotatable bonds is 7. The van der Waals surface area contributed by atoms with Gasteiger partial charge < -0.3 is 14.6 Å². The lowest BCUT2D eigenvalue weighted by Crippen LogP contribution is -2.56. The molecule has 0 radical (unpaired) electrons. The summed E-state index contributed by atoms with van der Waals surface area (Å²) in [7, 11) is 0. The quantitative estimate of drug-likeness (QED) is 0.330. The molecular formula is C31H36F6N4O2. The van der Waals surface area contributed by atoms with Crippen LogP contribution in [0, 0.1) is 0 Å². The summed E-state index contributed by atoms with van der Waals surface area (Å²) in [5.74, 6) is -0.836. The molecule has 2 aliphatic rings. The highest BCUT2D eigenvalue weighted by Gasteiger charge is 2.39. The number of nitrogens with one attached hydrogen (secondary N) is 1. The molecule has 1 aromatic heterocycles. The fourth-order valence-electron chi connectivity index (χ4n) is 6.35. The maximum Gasteiger partial charge on any atom is 0.416 e. The first-order valence-electron chi connectivity index (χ1n) is 14.5. The van der Waals surface area contributed by atoms with E-state index in [0.29, 0.717) is 31.6 Å². The van der Waals surface area contributed by atoms with Gasteiger partial charge in [0.1, 0.15) is 0 Å². The van der Waals surface area contributed by atoms with Gasteiger partial charge in [0.25, 0.3) is 5.91 Å². The van der Waals surface area contributed by atoms with Crippen molar-refractivity contribution in [2.75, 3.05) is 45.8 Å². The van der Waals surface area contributed by atoms with Crippen LogP contribution in [0.2, 0.25) is 0 Å². The molecule has 0 bridgehead atoms. The molecule has 0 saturated carbocycles. The molecule has 12 heteroatoms. The number of piperazine rings is 1. The van der Waals surface area contributed by atoms with Crippen molar-refractivity contribution in [2.45, 2.75) is 57.3 Å². The normalized spacial score (nSPS) is 22.8. The van der Waals surface area contributed by atoms with Crippen LogP contribution in [-0.2, 0) is 23.5 Å². The summed E-state index contributed by atoms with van der Waals surface area (Å²) < 4.78 is 87.1. The van der Waals surface area contributed by atoms with Crippen molar-refractivity contribution in [3.63, 3.8) is 0 Å². The van der Waals surface area contributed by atoms with E-state index in [-0.39, 0.29) is 24.8 Å². The smallest absolute Gasteiger partial charge is 0.373 e. The molecule has 2 unspecified atom stereocenters. The lowest BCUT2D eigenvalue weighted by atomic mass is 9.98. The number of aromatic amines is 1. The van der Waals surface area contributed by atoms with Gasteiger partial charge in [0.2, 0.25) is 0 Å². The molecular weight excluding hydrogens is 574 g/mol. The molecule has 3 aromatic rings. The monoisotopic (exact) mass is 610 g/mol.